The first-order valence-electron chi connectivity index (χ1n) is 10.9. The molecule has 1 heterocycles. The van der Waals surface area contributed by atoms with E-state index in [2.05, 4.69) is 25.9 Å². The van der Waals surface area contributed by atoms with Gasteiger partial charge in [0.05, 0.1) is 18.8 Å². The molecule has 1 aromatic rings. The molecule has 0 aliphatic heterocycles. The maximum absolute atomic E-state index is 12.9. The number of primary amides is 2. The van der Waals surface area contributed by atoms with Gasteiger partial charge in [0.2, 0.25) is 29.5 Å². The molecule has 36 heavy (non-hydrogen) atoms. The third-order valence-electron chi connectivity index (χ3n) is 4.91. The summed E-state index contributed by atoms with van der Waals surface area (Å²) in [5, 5.41) is 16.6. The summed E-state index contributed by atoms with van der Waals surface area (Å²) in [6.45, 7) is 0. The number of nitrogens with two attached hydrogens (primary N) is 3. The highest BCUT2D eigenvalue weighted by atomic mass is 32.2. The van der Waals surface area contributed by atoms with E-state index in [9.17, 15) is 33.9 Å². The fourth-order valence-corrected chi connectivity index (χ4v) is 3.45. The zero-order chi connectivity index (χ0) is 27.3. The number of hydrogen-bond donors (Lipinski definition) is 8. The van der Waals surface area contributed by atoms with Crippen LogP contribution in [0.4, 0.5) is 0 Å². The van der Waals surface area contributed by atoms with E-state index in [0.29, 0.717) is 11.4 Å². The van der Waals surface area contributed by atoms with Gasteiger partial charge < -0.3 is 43.2 Å². The molecule has 4 unspecified atom stereocenters. The number of aromatic amines is 1. The SMILES string of the molecule is CSCCC(NC(=O)C(N)CCC(N)=O)C(=O)NC(CC(N)=O)C(=O)NC(Cc1cnc[nH]1)C(=O)O. The number of H-pyrrole nitrogens is 1. The first kappa shape index (κ1) is 30.4. The molecule has 0 aliphatic carbocycles. The van der Waals surface area contributed by atoms with Crippen LogP contribution in [-0.2, 0) is 35.2 Å². The number of nitrogens with zero attached hydrogens (tertiary/aromatic N) is 1. The number of hydrogen-bond acceptors (Lipinski definition) is 9. The lowest BCUT2D eigenvalue weighted by Gasteiger charge is -2.24. The molecule has 11 N–H and O–H groups in total. The van der Waals surface area contributed by atoms with Gasteiger partial charge in [0.25, 0.3) is 0 Å². The van der Waals surface area contributed by atoms with E-state index in [1.807, 2.05) is 0 Å². The van der Waals surface area contributed by atoms with Crippen LogP contribution in [0.5, 0.6) is 0 Å². The number of imidazole rings is 1. The number of carbonyl (C=O) groups excluding carboxylic acids is 5. The van der Waals surface area contributed by atoms with Gasteiger partial charge in [-0.3, -0.25) is 24.0 Å². The molecule has 1 aromatic heterocycles. The second-order valence-corrected chi connectivity index (χ2v) is 8.85. The average Bonchev–Trinajstić information content (AvgIpc) is 3.31. The molecular formula is C20H32N8O7S. The Balaban J connectivity index is 2.94. The number of carboxylic acids is 1. The Morgan fingerprint density at radius 1 is 0.972 bits per heavy atom. The molecule has 200 valence electrons. The third kappa shape index (κ3) is 11.2. The Kier molecular flexibility index (Phi) is 13.0. The van der Waals surface area contributed by atoms with Crippen LogP contribution in [0.1, 0.15) is 31.4 Å². The number of aliphatic carboxylic acids is 1. The molecule has 1 rings (SSSR count). The summed E-state index contributed by atoms with van der Waals surface area (Å²) in [7, 11) is 0. The highest BCUT2D eigenvalue weighted by Crippen LogP contribution is 2.06. The van der Waals surface area contributed by atoms with Crippen LogP contribution >= 0.6 is 11.8 Å². The second-order valence-electron chi connectivity index (χ2n) is 7.87. The van der Waals surface area contributed by atoms with E-state index >= 15 is 0 Å². The molecule has 0 saturated heterocycles. The normalized spacial score (nSPS) is 14.1. The molecule has 0 fully saturated rings. The minimum absolute atomic E-state index is 0.0301. The molecule has 5 amide bonds. The van der Waals surface area contributed by atoms with E-state index in [1.54, 1.807) is 6.26 Å². The van der Waals surface area contributed by atoms with Gasteiger partial charge in [-0.2, -0.15) is 11.8 Å². The number of carbonyl (C=O) groups is 6. The molecule has 0 bridgehead atoms. The summed E-state index contributed by atoms with van der Waals surface area (Å²) in [6.07, 6.45) is 3.77. The number of aromatic nitrogens is 2. The van der Waals surface area contributed by atoms with Crippen LogP contribution in [0, 0.1) is 0 Å². The average molecular weight is 529 g/mol. The largest absolute Gasteiger partial charge is 0.480 e. The molecular weight excluding hydrogens is 496 g/mol. The van der Waals surface area contributed by atoms with Crippen molar-refractivity contribution in [2.45, 2.75) is 56.3 Å². The van der Waals surface area contributed by atoms with E-state index in [-0.39, 0.29) is 25.7 Å². The highest BCUT2D eigenvalue weighted by molar-refractivity contribution is 7.98. The van der Waals surface area contributed by atoms with Crippen molar-refractivity contribution in [1.82, 2.24) is 25.9 Å². The second kappa shape index (κ2) is 15.4. The van der Waals surface area contributed by atoms with Crippen molar-refractivity contribution >= 4 is 47.3 Å². The Hall–Kier alpha value is -3.66. The van der Waals surface area contributed by atoms with E-state index in [1.165, 1.54) is 24.3 Å². The summed E-state index contributed by atoms with van der Waals surface area (Å²) in [5.74, 6) is -4.93. The first-order valence-corrected chi connectivity index (χ1v) is 12.3. The minimum atomic E-state index is -1.50. The van der Waals surface area contributed by atoms with Gasteiger partial charge in [0.15, 0.2) is 0 Å². The van der Waals surface area contributed by atoms with Gasteiger partial charge in [-0.25, -0.2) is 9.78 Å². The predicted octanol–water partition coefficient (Wildman–Crippen LogP) is -3.29. The molecule has 15 nitrogen and oxygen atoms in total. The molecule has 4 atom stereocenters. The summed E-state index contributed by atoms with van der Waals surface area (Å²) in [6, 6.07) is -5.13. The van der Waals surface area contributed by atoms with E-state index in [0.717, 1.165) is 0 Å². The summed E-state index contributed by atoms with van der Waals surface area (Å²) < 4.78 is 0. The van der Waals surface area contributed by atoms with E-state index < -0.39 is 66.1 Å². The zero-order valence-electron chi connectivity index (χ0n) is 19.7. The molecule has 0 aliphatic rings. The van der Waals surface area contributed by atoms with Crippen molar-refractivity contribution < 1.29 is 33.9 Å². The summed E-state index contributed by atoms with van der Waals surface area (Å²) in [4.78, 5) is 78.7. The fourth-order valence-electron chi connectivity index (χ4n) is 2.98. The van der Waals surface area contributed by atoms with Gasteiger partial charge in [0.1, 0.15) is 18.1 Å². The Labute approximate surface area is 211 Å². The van der Waals surface area contributed by atoms with E-state index in [4.69, 9.17) is 17.2 Å². The maximum Gasteiger partial charge on any atom is 0.326 e. The number of thioether (sulfide) groups is 1. The lowest BCUT2D eigenvalue weighted by Crippen LogP contribution is -2.58. The van der Waals surface area contributed by atoms with Crippen LogP contribution < -0.4 is 33.2 Å². The molecule has 0 spiro atoms. The van der Waals surface area contributed by atoms with Crippen LogP contribution in [-0.4, -0.2) is 86.8 Å². The number of nitrogens with one attached hydrogen (secondary N) is 4. The molecule has 0 saturated carbocycles. The minimum Gasteiger partial charge on any atom is -0.480 e. The topological polar surface area (TPSA) is 265 Å². The third-order valence-corrected chi connectivity index (χ3v) is 5.56. The van der Waals surface area contributed by atoms with Gasteiger partial charge >= 0.3 is 5.97 Å². The monoisotopic (exact) mass is 528 g/mol. The fraction of sp³-hybridized carbons (Fsp3) is 0.550. The zero-order valence-corrected chi connectivity index (χ0v) is 20.5. The van der Waals surface area contributed by atoms with Gasteiger partial charge in [-0.1, -0.05) is 0 Å². The van der Waals surface area contributed by atoms with Gasteiger partial charge in [0, 0.05) is 24.7 Å². The molecule has 0 aromatic carbocycles. The van der Waals surface area contributed by atoms with Crippen molar-refractivity contribution in [2.24, 2.45) is 17.2 Å². The smallest absolute Gasteiger partial charge is 0.326 e. The van der Waals surface area contributed by atoms with Crippen LogP contribution in [0.3, 0.4) is 0 Å². The van der Waals surface area contributed by atoms with Gasteiger partial charge in [-0.15, -0.1) is 0 Å². The summed E-state index contributed by atoms with van der Waals surface area (Å²) in [5.41, 5.74) is 16.5. The van der Waals surface area contributed by atoms with Crippen molar-refractivity contribution in [1.29, 1.82) is 0 Å². The van der Waals surface area contributed by atoms with Gasteiger partial charge in [-0.05, 0) is 24.9 Å². The Morgan fingerprint density at radius 2 is 1.58 bits per heavy atom. The quantitative estimate of drug-likeness (QED) is 0.0998. The standard InChI is InChI=1S/C20H32N8O7S/c1-36-5-4-12(26-17(31)11(21)2-3-15(22)29)18(32)27-13(7-16(23)30)19(33)28-14(20(34)35)6-10-8-24-9-25-10/h8-9,11-14H,2-7,21H2,1H3,(H2,22,29)(H2,23,30)(H,24,25)(H,26,31)(H,27,32)(H,28,33)(H,34,35). The van der Waals surface area contributed by atoms with Crippen molar-refractivity contribution in [3.8, 4) is 0 Å². The number of amides is 5. The Morgan fingerprint density at radius 3 is 2.11 bits per heavy atom. The number of carboxylic acid groups (broad SMARTS) is 1. The lowest BCUT2D eigenvalue weighted by molar-refractivity contribution is -0.142. The lowest BCUT2D eigenvalue weighted by atomic mass is 10.1. The maximum atomic E-state index is 12.9. The number of rotatable bonds is 17. The molecule has 16 heteroatoms. The van der Waals surface area contributed by atoms with Crippen molar-refractivity contribution in [3.05, 3.63) is 18.2 Å². The van der Waals surface area contributed by atoms with Crippen molar-refractivity contribution in [2.75, 3.05) is 12.0 Å². The molecule has 0 radical (unpaired) electrons. The first-order chi connectivity index (χ1) is 16.9. The van der Waals surface area contributed by atoms with Crippen LogP contribution in [0.25, 0.3) is 0 Å². The highest BCUT2D eigenvalue weighted by Gasteiger charge is 2.31. The van der Waals surface area contributed by atoms with Crippen LogP contribution in [0.2, 0.25) is 0 Å². The van der Waals surface area contributed by atoms with Crippen molar-refractivity contribution in [3.63, 3.8) is 0 Å². The predicted molar refractivity (Wildman–Crippen MR) is 129 cm³/mol. The van der Waals surface area contributed by atoms with Crippen LogP contribution in [0.15, 0.2) is 12.5 Å². The Bertz CT molecular complexity index is 927. The summed E-state index contributed by atoms with van der Waals surface area (Å²) >= 11 is 1.40.